The molecule has 1 nitrogen and oxygen atoms in total. The molecular formula is C18H22IN. The second kappa shape index (κ2) is 6.27. The summed E-state index contributed by atoms with van der Waals surface area (Å²) >= 11 is 2.32. The monoisotopic (exact) mass is 379 g/mol. The number of benzene rings is 2. The number of hydrogen-bond acceptors (Lipinski definition) is 1. The summed E-state index contributed by atoms with van der Waals surface area (Å²) in [6.45, 7) is 6.69. The molecule has 0 aliphatic carbocycles. The van der Waals surface area contributed by atoms with Crippen molar-refractivity contribution in [2.24, 2.45) is 5.73 Å². The molecule has 0 fully saturated rings. The van der Waals surface area contributed by atoms with Crippen LogP contribution in [0.1, 0.15) is 43.5 Å². The summed E-state index contributed by atoms with van der Waals surface area (Å²) in [4.78, 5) is 0. The zero-order valence-electron chi connectivity index (χ0n) is 12.4. The summed E-state index contributed by atoms with van der Waals surface area (Å²) in [6.07, 6.45) is 0.881. The Balaban J connectivity index is 2.09. The highest BCUT2D eigenvalue weighted by Crippen LogP contribution is 2.24. The van der Waals surface area contributed by atoms with E-state index in [9.17, 15) is 0 Å². The fourth-order valence-electron chi connectivity index (χ4n) is 2.22. The minimum absolute atomic E-state index is 0.0593. The molecule has 0 saturated carbocycles. The minimum atomic E-state index is 0.0593. The lowest BCUT2D eigenvalue weighted by molar-refractivity contribution is 0.589. The SMILES string of the molecule is CC(C)(C)c1ccc(C(N)Cc2ccc(I)cc2)cc1. The molecule has 1 atom stereocenters. The minimum Gasteiger partial charge on any atom is -0.324 e. The van der Waals surface area contributed by atoms with E-state index in [0.29, 0.717) is 0 Å². The van der Waals surface area contributed by atoms with Crippen LogP contribution in [0.15, 0.2) is 48.5 Å². The maximum atomic E-state index is 6.32. The van der Waals surface area contributed by atoms with Crippen molar-refractivity contribution in [2.45, 2.75) is 38.6 Å². The van der Waals surface area contributed by atoms with Gasteiger partial charge in [-0.15, -0.1) is 0 Å². The quantitative estimate of drug-likeness (QED) is 0.760. The van der Waals surface area contributed by atoms with Crippen LogP contribution < -0.4 is 5.73 Å². The van der Waals surface area contributed by atoms with Gasteiger partial charge < -0.3 is 5.73 Å². The van der Waals surface area contributed by atoms with Gasteiger partial charge in [0.05, 0.1) is 0 Å². The maximum absolute atomic E-state index is 6.32. The number of nitrogens with two attached hydrogens (primary N) is 1. The molecule has 0 bridgehead atoms. The Morgan fingerprint density at radius 3 is 2.00 bits per heavy atom. The maximum Gasteiger partial charge on any atom is 0.0335 e. The van der Waals surface area contributed by atoms with Gasteiger partial charge in [0, 0.05) is 9.61 Å². The van der Waals surface area contributed by atoms with Crippen LogP contribution in [-0.2, 0) is 11.8 Å². The van der Waals surface area contributed by atoms with E-state index in [4.69, 9.17) is 5.73 Å². The summed E-state index contributed by atoms with van der Waals surface area (Å²) in [5.74, 6) is 0. The molecule has 2 rings (SSSR count). The lowest BCUT2D eigenvalue weighted by Gasteiger charge is -2.20. The summed E-state index contributed by atoms with van der Waals surface area (Å²) in [5.41, 5.74) is 10.4. The fourth-order valence-corrected chi connectivity index (χ4v) is 2.58. The van der Waals surface area contributed by atoms with E-state index in [2.05, 4.69) is 91.9 Å². The van der Waals surface area contributed by atoms with E-state index < -0.39 is 0 Å². The molecule has 1 unspecified atom stereocenters. The van der Waals surface area contributed by atoms with Crippen LogP contribution in [0.25, 0.3) is 0 Å². The lowest BCUT2D eigenvalue weighted by Crippen LogP contribution is -2.15. The van der Waals surface area contributed by atoms with Gasteiger partial charge in [-0.3, -0.25) is 0 Å². The third-order valence-corrected chi connectivity index (χ3v) is 4.29. The highest BCUT2D eigenvalue weighted by molar-refractivity contribution is 14.1. The first-order chi connectivity index (χ1) is 9.36. The second-order valence-corrected chi connectivity index (χ2v) is 7.55. The molecule has 0 heterocycles. The van der Waals surface area contributed by atoms with Crippen LogP contribution in [0.2, 0.25) is 0 Å². The Labute approximate surface area is 135 Å². The highest BCUT2D eigenvalue weighted by Gasteiger charge is 2.14. The van der Waals surface area contributed by atoms with Gasteiger partial charge in [0.1, 0.15) is 0 Å². The van der Waals surface area contributed by atoms with Gasteiger partial charge in [-0.25, -0.2) is 0 Å². The molecule has 106 valence electrons. The van der Waals surface area contributed by atoms with Crippen LogP contribution in [-0.4, -0.2) is 0 Å². The molecule has 0 spiro atoms. The van der Waals surface area contributed by atoms with Crippen LogP contribution in [0.5, 0.6) is 0 Å². The van der Waals surface area contributed by atoms with E-state index in [1.165, 1.54) is 20.3 Å². The van der Waals surface area contributed by atoms with Gasteiger partial charge in [0.25, 0.3) is 0 Å². The molecule has 2 N–H and O–H groups in total. The first-order valence-corrected chi connectivity index (χ1v) is 8.04. The summed E-state index contributed by atoms with van der Waals surface area (Å²) in [5, 5.41) is 0. The first kappa shape index (κ1) is 15.5. The number of rotatable bonds is 3. The molecule has 0 aliphatic rings. The second-order valence-electron chi connectivity index (χ2n) is 6.31. The molecule has 0 aromatic heterocycles. The van der Waals surface area contributed by atoms with Gasteiger partial charge in [-0.05, 0) is 63.2 Å². The van der Waals surface area contributed by atoms with Crippen LogP contribution in [0, 0.1) is 3.57 Å². The standard InChI is InChI=1S/C18H22IN/c1-18(2,3)15-8-6-14(7-9-15)17(20)12-13-4-10-16(19)11-5-13/h4-11,17H,12,20H2,1-3H3. The Bertz CT molecular complexity index is 549. The van der Waals surface area contributed by atoms with Crippen molar-refractivity contribution in [2.75, 3.05) is 0 Å². The molecule has 2 aromatic rings. The van der Waals surface area contributed by atoms with Crippen LogP contribution >= 0.6 is 22.6 Å². The normalized spacial score (nSPS) is 13.2. The molecule has 20 heavy (non-hydrogen) atoms. The molecule has 0 radical (unpaired) electrons. The predicted molar refractivity (Wildman–Crippen MR) is 94.9 cm³/mol. The summed E-state index contributed by atoms with van der Waals surface area (Å²) < 4.78 is 1.26. The van der Waals surface area contributed by atoms with Crippen LogP contribution in [0.4, 0.5) is 0 Å². The van der Waals surface area contributed by atoms with Crippen molar-refractivity contribution in [3.8, 4) is 0 Å². The average Bonchev–Trinajstić information content (AvgIpc) is 2.40. The summed E-state index contributed by atoms with van der Waals surface area (Å²) in [7, 11) is 0. The van der Waals surface area contributed by atoms with E-state index in [0.717, 1.165) is 6.42 Å². The Kier molecular flexibility index (Phi) is 4.86. The van der Waals surface area contributed by atoms with Crippen molar-refractivity contribution in [3.05, 3.63) is 68.8 Å². The Morgan fingerprint density at radius 1 is 0.950 bits per heavy atom. The number of halogens is 1. The van der Waals surface area contributed by atoms with Crippen molar-refractivity contribution in [1.29, 1.82) is 0 Å². The van der Waals surface area contributed by atoms with E-state index in [1.54, 1.807) is 0 Å². The third-order valence-electron chi connectivity index (χ3n) is 3.57. The summed E-state index contributed by atoms with van der Waals surface area (Å²) in [6, 6.07) is 17.4. The van der Waals surface area contributed by atoms with Gasteiger partial charge in [-0.1, -0.05) is 57.2 Å². The first-order valence-electron chi connectivity index (χ1n) is 6.97. The molecule has 0 amide bonds. The van der Waals surface area contributed by atoms with Gasteiger partial charge >= 0.3 is 0 Å². The highest BCUT2D eigenvalue weighted by atomic mass is 127. The average molecular weight is 379 g/mol. The fraction of sp³-hybridized carbons (Fsp3) is 0.333. The molecular weight excluding hydrogens is 357 g/mol. The zero-order valence-corrected chi connectivity index (χ0v) is 14.5. The predicted octanol–water partition coefficient (Wildman–Crippen LogP) is 4.83. The third kappa shape index (κ3) is 4.06. The van der Waals surface area contributed by atoms with E-state index in [1.807, 2.05) is 0 Å². The largest absolute Gasteiger partial charge is 0.324 e. The molecule has 2 aromatic carbocycles. The number of hydrogen-bond donors (Lipinski definition) is 1. The molecule has 0 saturated heterocycles. The Hall–Kier alpha value is -0.870. The van der Waals surface area contributed by atoms with Crippen LogP contribution in [0.3, 0.4) is 0 Å². The molecule has 2 heteroatoms. The van der Waals surface area contributed by atoms with Crippen molar-refractivity contribution < 1.29 is 0 Å². The smallest absolute Gasteiger partial charge is 0.0335 e. The van der Waals surface area contributed by atoms with E-state index in [-0.39, 0.29) is 11.5 Å². The Morgan fingerprint density at radius 2 is 1.50 bits per heavy atom. The van der Waals surface area contributed by atoms with E-state index >= 15 is 0 Å². The molecule has 0 aliphatic heterocycles. The van der Waals surface area contributed by atoms with Gasteiger partial charge in [0.15, 0.2) is 0 Å². The lowest BCUT2D eigenvalue weighted by atomic mass is 9.86. The van der Waals surface area contributed by atoms with Gasteiger partial charge in [0.2, 0.25) is 0 Å². The van der Waals surface area contributed by atoms with Crippen molar-refractivity contribution in [1.82, 2.24) is 0 Å². The topological polar surface area (TPSA) is 26.0 Å². The van der Waals surface area contributed by atoms with Crippen molar-refractivity contribution >= 4 is 22.6 Å². The van der Waals surface area contributed by atoms with Gasteiger partial charge in [-0.2, -0.15) is 0 Å². The van der Waals surface area contributed by atoms with Crippen molar-refractivity contribution in [3.63, 3.8) is 0 Å². The zero-order chi connectivity index (χ0) is 14.8.